The average Bonchev–Trinajstić information content (AvgIpc) is 2.84. The number of nitrogens with two attached hydrogens (primary N) is 1. The molecular formula is C15H24N4O2. The number of carbonyl (C=O) groups excluding carboxylic acids is 2. The Morgan fingerprint density at radius 3 is 2.52 bits per heavy atom. The van der Waals surface area contributed by atoms with Gasteiger partial charge in [0.25, 0.3) is 0 Å². The van der Waals surface area contributed by atoms with Crippen LogP contribution in [0.4, 0.5) is 0 Å². The lowest BCUT2D eigenvalue weighted by molar-refractivity contribution is -0.132. The topological polar surface area (TPSA) is 90.0 Å². The highest BCUT2D eigenvalue weighted by Crippen LogP contribution is 2.27. The molecule has 6 nitrogen and oxygen atoms in total. The molecule has 2 rings (SSSR count). The molecule has 0 aliphatic heterocycles. The maximum atomic E-state index is 12.1. The second-order valence-corrected chi connectivity index (χ2v) is 5.78. The van der Waals surface area contributed by atoms with Crippen molar-refractivity contribution in [3.05, 3.63) is 18.5 Å². The van der Waals surface area contributed by atoms with E-state index in [0.717, 1.165) is 25.7 Å². The SMILES string of the molecule is NC(=O)C1(NC(=O)CCCn2cccn2)CCCCCC1. The Bertz CT molecular complexity index is 462. The lowest BCUT2D eigenvalue weighted by Crippen LogP contribution is -2.57. The Kier molecular flexibility index (Phi) is 5.36. The van der Waals surface area contributed by atoms with Crippen molar-refractivity contribution in [1.82, 2.24) is 15.1 Å². The third kappa shape index (κ3) is 4.31. The first-order valence-electron chi connectivity index (χ1n) is 7.71. The summed E-state index contributed by atoms with van der Waals surface area (Å²) in [5.74, 6) is -0.493. The van der Waals surface area contributed by atoms with Crippen LogP contribution in [0.15, 0.2) is 18.5 Å². The van der Waals surface area contributed by atoms with Gasteiger partial charge in [0.1, 0.15) is 5.54 Å². The second kappa shape index (κ2) is 7.24. The predicted molar refractivity (Wildman–Crippen MR) is 79.2 cm³/mol. The van der Waals surface area contributed by atoms with E-state index >= 15 is 0 Å². The van der Waals surface area contributed by atoms with Gasteiger partial charge in [-0.15, -0.1) is 0 Å². The van der Waals surface area contributed by atoms with E-state index in [-0.39, 0.29) is 5.91 Å². The molecule has 1 fully saturated rings. The number of primary amides is 1. The maximum absolute atomic E-state index is 12.1. The van der Waals surface area contributed by atoms with Crippen LogP contribution in [0.2, 0.25) is 0 Å². The maximum Gasteiger partial charge on any atom is 0.243 e. The number of hydrogen-bond acceptors (Lipinski definition) is 3. The molecule has 1 aromatic rings. The fourth-order valence-corrected chi connectivity index (χ4v) is 2.93. The van der Waals surface area contributed by atoms with Crippen molar-refractivity contribution in [2.24, 2.45) is 5.73 Å². The molecule has 0 aromatic carbocycles. The van der Waals surface area contributed by atoms with Crippen molar-refractivity contribution in [2.45, 2.75) is 63.5 Å². The first kappa shape index (κ1) is 15.5. The van der Waals surface area contributed by atoms with E-state index in [1.165, 1.54) is 0 Å². The van der Waals surface area contributed by atoms with E-state index in [9.17, 15) is 9.59 Å². The number of aromatic nitrogens is 2. The highest BCUT2D eigenvalue weighted by Gasteiger charge is 2.37. The second-order valence-electron chi connectivity index (χ2n) is 5.78. The van der Waals surface area contributed by atoms with Crippen LogP contribution in [0.3, 0.4) is 0 Å². The fraction of sp³-hybridized carbons (Fsp3) is 0.667. The molecule has 6 heteroatoms. The summed E-state index contributed by atoms with van der Waals surface area (Å²) in [6, 6.07) is 1.85. The van der Waals surface area contributed by atoms with Crippen LogP contribution >= 0.6 is 0 Å². The van der Waals surface area contributed by atoms with Crippen molar-refractivity contribution in [3.63, 3.8) is 0 Å². The average molecular weight is 292 g/mol. The molecule has 21 heavy (non-hydrogen) atoms. The number of carbonyl (C=O) groups is 2. The summed E-state index contributed by atoms with van der Waals surface area (Å²) in [6.07, 6.45) is 10.1. The summed E-state index contributed by atoms with van der Waals surface area (Å²) in [6.45, 7) is 0.698. The third-order valence-corrected chi connectivity index (χ3v) is 4.16. The Hall–Kier alpha value is -1.85. The molecule has 0 unspecified atom stereocenters. The van der Waals surface area contributed by atoms with Gasteiger partial charge in [0.15, 0.2) is 0 Å². The summed E-state index contributed by atoms with van der Waals surface area (Å²) in [4.78, 5) is 23.9. The van der Waals surface area contributed by atoms with Crippen molar-refractivity contribution in [2.75, 3.05) is 0 Å². The van der Waals surface area contributed by atoms with Gasteiger partial charge in [0.2, 0.25) is 11.8 Å². The van der Waals surface area contributed by atoms with Crippen molar-refractivity contribution < 1.29 is 9.59 Å². The summed E-state index contributed by atoms with van der Waals surface area (Å²) >= 11 is 0. The Balaban J connectivity index is 1.84. The molecule has 1 saturated carbocycles. The number of hydrogen-bond donors (Lipinski definition) is 2. The molecule has 0 bridgehead atoms. The normalized spacial score (nSPS) is 17.9. The Morgan fingerprint density at radius 2 is 1.95 bits per heavy atom. The van der Waals surface area contributed by atoms with Crippen LogP contribution in [0.5, 0.6) is 0 Å². The number of nitrogens with zero attached hydrogens (tertiary/aromatic N) is 2. The summed E-state index contributed by atoms with van der Waals surface area (Å²) in [5.41, 5.74) is 4.72. The van der Waals surface area contributed by atoms with Crippen LogP contribution in [-0.4, -0.2) is 27.1 Å². The molecule has 0 spiro atoms. The van der Waals surface area contributed by atoms with Crippen molar-refractivity contribution in [3.8, 4) is 0 Å². The summed E-state index contributed by atoms with van der Waals surface area (Å²) < 4.78 is 1.79. The summed E-state index contributed by atoms with van der Waals surface area (Å²) in [5, 5.41) is 7.00. The van der Waals surface area contributed by atoms with Crippen LogP contribution in [0.25, 0.3) is 0 Å². The highest BCUT2D eigenvalue weighted by atomic mass is 16.2. The number of amides is 2. The predicted octanol–water partition coefficient (Wildman–Crippen LogP) is 1.36. The minimum atomic E-state index is -0.834. The number of aryl methyl sites for hydroxylation is 1. The largest absolute Gasteiger partial charge is 0.368 e. The van der Waals surface area contributed by atoms with Gasteiger partial charge in [0.05, 0.1) is 0 Å². The minimum absolute atomic E-state index is 0.0946. The van der Waals surface area contributed by atoms with Crippen molar-refractivity contribution in [1.29, 1.82) is 0 Å². The van der Waals surface area contributed by atoms with Gasteiger partial charge in [-0.3, -0.25) is 14.3 Å². The molecular weight excluding hydrogens is 268 g/mol. The fourth-order valence-electron chi connectivity index (χ4n) is 2.93. The highest BCUT2D eigenvalue weighted by molar-refractivity contribution is 5.90. The van der Waals surface area contributed by atoms with Crippen LogP contribution in [0, 0.1) is 0 Å². The zero-order chi connectivity index (χ0) is 15.1. The third-order valence-electron chi connectivity index (χ3n) is 4.16. The molecule has 1 aromatic heterocycles. The first-order valence-corrected chi connectivity index (χ1v) is 7.71. The monoisotopic (exact) mass is 292 g/mol. The Labute approximate surface area is 125 Å². The lowest BCUT2D eigenvalue weighted by atomic mass is 9.89. The molecule has 0 radical (unpaired) electrons. The molecule has 116 valence electrons. The van der Waals surface area contributed by atoms with Gasteiger partial charge in [0, 0.05) is 25.4 Å². The first-order chi connectivity index (χ1) is 10.1. The standard InChI is InChI=1S/C15H24N4O2/c16-14(21)15(8-3-1-2-4-9-15)18-13(20)7-5-11-19-12-6-10-17-19/h6,10,12H,1-5,7-9,11H2,(H2,16,21)(H,18,20). The smallest absolute Gasteiger partial charge is 0.243 e. The van der Waals surface area contributed by atoms with E-state index in [2.05, 4.69) is 10.4 Å². The molecule has 2 amide bonds. The molecule has 1 heterocycles. The van der Waals surface area contributed by atoms with Gasteiger partial charge in [-0.05, 0) is 25.3 Å². The molecule has 0 atom stereocenters. The lowest BCUT2D eigenvalue weighted by Gasteiger charge is -2.30. The quantitative estimate of drug-likeness (QED) is 0.776. The van der Waals surface area contributed by atoms with Gasteiger partial charge < -0.3 is 11.1 Å². The van der Waals surface area contributed by atoms with Gasteiger partial charge in [-0.1, -0.05) is 25.7 Å². The molecule has 3 N–H and O–H groups in total. The van der Waals surface area contributed by atoms with Crippen LogP contribution < -0.4 is 11.1 Å². The van der Waals surface area contributed by atoms with E-state index in [1.54, 1.807) is 10.9 Å². The minimum Gasteiger partial charge on any atom is -0.368 e. The van der Waals surface area contributed by atoms with Gasteiger partial charge >= 0.3 is 0 Å². The zero-order valence-corrected chi connectivity index (χ0v) is 12.4. The summed E-state index contributed by atoms with van der Waals surface area (Å²) in [7, 11) is 0. The van der Waals surface area contributed by atoms with E-state index in [0.29, 0.717) is 32.2 Å². The molecule has 0 saturated heterocycles. The van der Waals surface area contributed by atoms with E-state index < -0.39 is 11.4 Å². The Morgan fingerprint density at radius 1 is 1.24 bits per heavy atom. The van der Waals surface area contributed by atoms with E-state index in [4.69, 9.17) is 5.73 Å². The number of rotatable bonds is 6. The molecule has 1 aliphatic rings. The van der Waals surface area contributed by atoms with Crippen LogP contribution in [0.1, 0.15) is 51.4 Å². The molecule has 1 aliphatic carbocycles. The van der Waals surface area contributed by atoms with E-state index in [1.807, 2.05) is 12.3 Å². The van der Waals surface area contributed by atoms with Gasteiger partial charge in [-0.25, -0.2) is 0 Å². The number of nitrogens with one attached hydrogen (secondary N) is 1. The zero-order valence-electron chi connectivity index (χ0n) is 12.4. The van der Waals surface area contributed by atoms with Crippen LogP contribution in [-0.2, 0) is 16.1 Å². The van der Waals surface area contributed by atoms with Gasteiger partial charge in [-0.2, -0.15) is 5.10 Å². The van der Waals surface area contributed by atoms with Crippen molar-refractivity contribution >= 4 is 11.8 Å².